The van der Waals surface area contributed by atoms with Crippen molar-refractivity contribution in [3.63, 3.8) is 0 Å². The molecule has 254 valence electrons. The third-order valence-electron chi connectivity index (χ3n) is 7.58. The van der Waals surface area contributed by atoms with Crippen LogP contribution in [0.3, 0.4) is 0 Å². The Kier molecular flexibility index (Phi) is 10.1. The number of aromatic nitrogens is 3. The molecule has 3 heterocycles. The maximum atomic E-state index is 14.3. The summed E-state index contributed by atoms with van der Waals surface area (Å²) in [6.45, 7) is 9.39. The Labute approximate surface area is 295 Å². The Morgan fingerprint density at radius 1 is 1.04 bits per heavy atom. The molecule has 1 aliphatic rings. The van der Waals surface area contributed by atoms with E-state index in [2.05, 4.69) is 9.97 Å². The Morgan fingerprint density at radius 3 is 2.38 bits per heavy atom. The molecule has 13 heteroatoms. The van der Waals surface area contributed by atoms with E-state index in [1.54, 1.807) is 37.3 Å². The van der Waals surface area contributed by atoms with E-state index in [4.69, 9.17) is 14.5 Å². The lowest BCUT2D eigenvalue weighted by atomic mass is 9.93. The van der Waals surface area contributed by atoms with Crippen LogP contribution in [0.15, 0.2) is 104 Å². The first-order valence-electron chi connectivity index (χ1n) is 15.9. The molecule has 1 aliphatic heterocycles. The molecule has 6 rings (SSSR count). The van der Waals surface area contributed by atoms with Gasteiger partial charge >= 0.3 is 5.97 Å². The van der Waals surface area contributed by atoms with Crippen LogP contribution in [-0.4, -0.2) is 38.1 Å². The molecule has 0 N–H and O–H groups in total. The van der Waals surface area contributed by atoms with E-state index in [1.807, 2.05) is 76.2 Å². The third kappa shape index (κ3) is 7.28. The van der Waals surface area contributed by atoms with Gasteiger partial charge in [-0.05, 0) is 87.8 Å². The van der Waals surface area contributed by atoms with Crippen LogP contribution in [0.4, 0.5) is 5.69 Å². The summed E-state index contributed by atoms with van der Waals surface area (Å²) in [7, 11) is 0. The summed E-state index contributed by atoms with van der Waals surface area (Å²) in [4.78, 5) is 54.2. The van der Waals surface area contributed by atoms with Crippen LogP contribution >= 0.6 is 23.1 Å². The van der Waals surface area contributed by atoms with Crippen LogP contribution in [0, 0.1) is 24.0 Å². The molecule has 50 heavy (non-hydrogen) atoms. The number of nitro benzene ring substituents is 1. The van der Waals surface area contributed by atoms with E-state index in [-0.39, 0.29) is 24.0 Å². The molecule has 0 unspecified atom stereocenters. The summed E-state index contributed by atoms with van der Waals surface area (Å²) in [5.41, 5.74) is 3.39. The standard InChI is InChI=1S/C37H33N5O6S2/c1-6-47-35(44)31-32(25-10-8-7-9-11-25)40-37-41(33(31)26-13-15-27(16-14-26)48-21(2)3)34(43)30(50-37)20-24-12-17-29(28(19-24)42(45)46)49-36-38-22(4)18-23(5)39-36/h7-21,33H,6H2,1-5H3/b30-20-/t33-/m0/s1. The zero-order chi connectivity index (χ0) is 35.5. The van der Waals surface area contributed by atoms with E-state index in [9.17, 15) is 19.7 Å². The number of carbonyl (C=O) groups excluding carboxylic acids is 1. The van der Waals surface area contributed by atoms with Crippen molar-refractivity contribution in [3.05, 3.63) is 142 Å². The molecule has 0 aliphatic carbocycles. The lowest BCUT2D eigenvalue weighted by molar-refractivity contribution is -0.387. The maximum absolute atomic E-state index is 14.3. The summed E-state index contributed by atoms with van der Waals surface area (Å²) in [6.07, 6.45) is 1.56. The predicted octanol–water partition coefficient (Wildman–Crippen LogP) is 6.19. The first-order chi connectivity index (χ1) is 24.0. The summed E-state index contributed by atoms with van der Waals surface area (Å²) < 4.78 is 13.2. The first-order valence-corrected chi connectivity index (χ1v) is 17.5. The van der Waals surface area contributed by atoms with Crippen LogP contribution < -0.4 is 19.6 Å². The Balaban J connectivity index is 1.52. The van der Waals surface area contributed by atoms with Crippen LogP contribution in [-0.2, 0) is 9.53 Å². The minimum absolute atomic E-state index is 0.0401. The van der Waals surface area contributed by atoms with Crippen LogP contribution in [0.25, 0.3) is 11.8 Å². The van der Waals surface area contributed by atoms with Crippen molar-refractivity contribution in [2.45, 2.75) is 56.8 Å². The quantitative estimate of drug-likeness (QED) is 0.0720. The van der Waals surface area contributed by atoms with Gasteiger partial charge < -0.3 is 9.47 Å². The number of aryl methyl sites for hydroxylation is 2. The van der Waals surface area contributed by atoms with E-state index in [0.717, 1.165) is 34.5 Å². The van der Waals surface area contributed by atoms with Gasteiger partial charge in [-0.3, -0.25) is 19.5 Å². The molecular formula is C37H33N5O6S2. The van der Waals surface area contributed by atoms with Crippen molar-refractivity contribution in [2.24, 2.45) is 4.99 Å². The normalized spacial score (nSPS) is 14.4. The molecule has 0 amide bonds. The SMILES string of the molecule is CCOC(=O)C1=C(c2ccccc2)N=c2s/c(=C\c3ccc(Sc4nc(C)cc(C)n4)c([N+](=O)[O-])c3)c(=O)n2[C@H]1c1ccc(OC(C)C)cc1. The van der Waals surface area contributed by atoms with Crippen molar-refractivity contribution in [1.82, 2.24) is 14.5 Å². The number of esters is 1. The largest absolute Gasteiger partial charge is 0.491 e. The lowest BCUT2D eigenvalue weighted by Gasteiger charge is -2.26. The zero-order valence-electron chi connectivity index (χ0n) is 27.9. The number of nitro groups is 1. The van der Waals surface area contributed by atoms with E-state index in [1.165, 1.54) is 10.6 Å². The van der Waals surface area contributed by atoms with Gasteiger partial charge in [0.25, 0.3) is 11.2 Å². The van der Waals surface area contributed by atoms with Gasteiger partial charge in [-0.1, -0.05) is 59.9 Å². The van der Waals surface area contributed by atoms with Gasteiger partial charge in [-0.2, -0.15) is 0 Å². The van der Waals surface area contributed by atoms with Gasteiger partial charge in [0.05, 0.1) is 44.4 Å². The van der Waals surface area contributed by atoms with Gasteiger partial charge in [0, 0.05) is 23.0 Å². The number of hydrogen-bond acceptors (Lipinski definition) is 11. The second kappa shape index (κ2) is 14.6. The monoisotopic (exact) mass is 707 g/mol. The smallest absolute Gasteiger partial charge is 0.338 e. The predicted molar refractivity (Wildman–Crippen MR) is 192 cm³/mol. The van der Waals surface area contributed by atoms with Crippen LogP contribution in [0.1, 0.15) is 54.9 Å². The summed E-state index contributed by atoms with van der Waals surface area (Å²) in [5, 5.41) is 12.6. The van der Waals surface area contributed by atoms with Gasteiger partial charge in [-0.15, -0.1) is 0 Å². The Hall–Kier alpha value is -5.40. The molecule has 0 bridgehead atoms. The average molecular weight is 708 g/mol. The topological polar surface area (TPSA) is 139 Å². The van der Waals surface area contributed by atoms with Gasteiger partial charge in [0.2, 0.25) is 0 Å². The third-order valence-corrected chi connectivity index (χ3v) is 9.49. The van der Waals surface area contributed by atoms with E-state index in [0.29, 0.717) is 47.5 Å². The van der Waals surface area contributed by atoms with Crippen molar-refractivity contribution >= 4 is 46.5 Å². The molecule has 0 saturated carbocycles. The first kappa shape index (κ1) is 34.5. The fourth-order valence-corrected chi connectivity index (χ4v) is 7.55. The second-order valence-corrected chi connectivity index (χ2v) is 13.7. The maximum Gasteiger partial charge on any atom is 0.338 e. The van der Waals surface area contributed by atoms with Crippen molar-refractivity contribution in [3.8, 4) is 5.75 Å². The van der Waals surface area contributed by atoms with Gasteiger partial charge in [-0.25, -0.2) is 19.8 Å². The molecule has 3 aromatic carbocycles. The Morgan fingerprint density at radius 2 is 1.74 bits per heavy atom. The number of thiazole rings is 1. The molecular weight excluding hydrogens is 675 g/mol. The number of hydrogen-bond donors (Lipinski definition) is 0. The number of nitrogens with zero attached hydrogens (tertiary/aromatic N) is 5. The minimum Gasteiger partial charge on any atom is -0.491 e. The van der Waals surface area contributed by atoms with Crippen molar-refractivity contribution in [2.75, 3.05) is 6.61 Å². The molecule has 2 aromatic heterocycles. The van der Waals surface area contributed by atoms with Crippen LogP contribution in [0.5, 0.6) is 5.75 Å². The molecule has 0 saturated heterocycles. The molecule has 0 fully saturated rings. The number of rotatable bonds is 10. The highest BCUT2D eigenvalue weighted by molar-refractivity contribution is 7.99. The summed E-state index contributed by atoms with van der Waals surface area (Å²) in [5.74, 6) is 0.0572. The number of benzene rings is 3. The van der Waals surface area contributed by atoms with Gasteiger partial charge in [0.1, 0.15) is 5.75 Å². The van der Waals surface area contributed by atoms with E-state index < -0.39 is 22.5 Å². The minimum atomic E-state index is -0.873. The highest BCUT2D eigenvalue weighted by Gasteiger charge is 2.35. The molecule has 1 atom stereocenters. The fraction of sp³-hybridized carbons (Fsp3) is 0.216. The average Bonchev–Trinajstić information content (AvgIpc) is 3.38. The van der Waals surface area contributed by atoms with Crippen molar-refractivity contribution in [1.29, 1.82) is 0 Å². The molecule has 0 spiro atoms. The highest BCUT2D eigenvalue weighted by Crippen LogP contribution is 2.36. The van der Waals surface area contributed by atoms with Crippen LogP contribution in [0.2, 0.25) is 0 Å². The Bertz CT molecular complexity index is 2300. The second-order valence-electron chi connectivity index (χ2n) is 11.7. The number of ether oxygens (including phenoxy) is 2. The lowest BCUT2D eigenvalue weighted by Crippen LogP contribution is -2.40. The summed E-state index contributed by atoms with van der Waals surface area (Å²) in [6, 6.07) is 22.3. The highest BCUT2D eigenvalue weighted by atomic mass is 32.2. The number of carbonyl (C=O) groups is 1. The zero-order valence-corrected chi connectivity index (χ0v) is 29.6. The molecule has 5 aromatic rings. The molecule has 11 nitrogen and oxygen atoms in total. The van der Waals surface area contributed by atoms with E-state index >= 15 is 0 Å². The number of fused-ring (bicyclic) bond motifs is 1. The molecule has 0 radical (unpaired) electrons. The van der Waals surface area contributed by atoms with Gasteiger partial charge in [0.15, 0.2) is 9.96 Å². The fourth-order valence-electron chi connectivity index (χ4n) is 5.60. The van der Waals surface area contributed by atoms with Crippen molar-refractivity contribution < 1.29 is 19.2 Å². The summed E-state index contributed by atoms with van der Waals surface area (Å²) >= 11 is 2.24.